The van der Waals surface area contributed by atoms with Gasteiger partial charge in [-0.25, -0.2) is 0 Å². The van der Waals surface area contributed by atoms with Crippen LogP contribution in [0, 0.1) is 0 Å². The van der Waals surface area contributed by atoms with Gasteiger partial charge in [0.25, 0.3) is 0 Å². The first-order chi connectivity index (χ1) is 8.04. The van der Waals surface area contributed by atoms with Crippen molar-refractivity contribution in [2.75, 3.05) is 19.6 Å². The van der Waals surface area contributed by atoms with Crippen LogP contribution < -0.4 is 15.5 Å². The van der Waals surface area contributed by atoms with Crippen molar-refractivity contribution in [3.63, 3.8) is 0 Å². The van der Waals surface area contributed by atoms with Crippen LogP contribution in [0.4, 0.5) is 0 Å². The van der Waals surface area contributed by atoms with Crippen LogP contribution in [0.1, 0.15) is 33.6 Å². The van der Waals surface area contributed by atoms with E-state index < -0.39 is 11.8 Å². The maximum atomic E-state index is 11.5. The van der Waals surface area contributed by atoms with Crippen molar-refractivity contribution in [3.05, 3.63) is 0 Å². The van der Waals surface area contributed by atoms with E-state index >= 15 is 0 Å². The molecule has 0 saturated carbocycles. The number of hydrogen-bond acceptors (Lipinski definition) is 2. The molecule has 2 amide bonds. The van der Waals surface area contributed by atoms with Crippen molar-refractivity contribution in [1.29, 1.82) is 0 Å². The van der Waals surface area contributed by atoms with E-state index in [0.29, 0.717) is 12.6 Å². The van der Waals surface area contributed by atoms with Gasteiger partial charge < -0.3 is 15.5 Å². The third-order valence-electron chi connectivity index (χ3n) is 3.22. The number of carbonyl (C=O) groups excluding carboxylic acids is 2. The van der Waals surface area contributed by atoms with E-state index in [4.69, 9.17) is 0 Å². The summed E-state index contributed by atoms with van der Waals surface area (Å²) in [6.07, 6.45) is 2.34. The molecule has 98 valence electrons. The molecule has 0 aromatic rings. The molecule has 5 nitrogen and oxygen atoms in total. The van der Waals surface area contributed by atoms with Gasteiger partial charge in [0.2, 0.25) is 0 Å². The van der Waals surface area contributed by atoms with E-state index in [9.17, 15) is 9.59 Å². The molecule has 0 aromatic carbocycles. The lowest BCUT2D eigenvalue weighted by Crippen LogP contribution is -3.14. The van der Waals surface area contributed by atoms with E-state index in [2.05, 4.69) is 17.6 Å². The van der Waals surface area contributed by atoms with Crippen molar-refractivity contribution in [1.82, 2.24) is 10.6 Å². The predicted octanol–water partition coefficient (Wildman–Crippen LogP) is -1.31. The first kappa shape index (κ1) is 14.0. The fourth-order valence-corrected chi connectivity index (χ4v) is 2.32. The lowest BCUT2D eigenvalue weighted by Gasteiger charge is -2.20. The van der Waals surface area contributed by atoms with E-state index in [1.54, 1.807) is 0 Å². The van der Waals surface area contributed by atoms with Crippen molar-refractivity contribution >= 4 is 11.8 Å². The minimum atomic E-state index is -0.531. The number of quaternary nitrogens is 1. The standard InChI is InChI=1S/C12H23N3O2/c1-4-15-7-5-6-10(15)8-13-11(16)12(17)14-9(2)3/h9-10H,4-8H2,1-3H3,(H,13,16)(H,14,17)/p+1/t10-/m0/s1. The number of nitrogens with one attached hydrogen (secondary N) is 3. The van der Waals surface area contributed by atoms with Crippen LogP contribution in [0.2, 0.25) is 0 Å². The quantitative estimate of drug-likeness (QED) is 0.536. The summed E-state index contributed by atoms with van der Waals surface area (Å²) in [6, 6.07) is 0.466. The Bertz CT molecular complexity index is 279. The maximum absolute atomic E-state index is 11.5. The number of rotatable bonds is 4. The second-order valence-electron chi connectivity index (χ2n) is 4.94. The summed E-state index contributed by atoms with van der Waals surface area (Å²) in [5, 5.41) is 5.31. The molecule has 1 aliphatic rings. The van der Waals surface area contributed by atoms with Crippen LogP contribution in [0.25, 0.3) is 0 Å². The Kier molecular flexibility index (Phi) is 5.41. The number of amides is 2. The molecule has 2 atom stereocenters. The second-order valence-corrected chi connectivity index (χ2v) is 4.94. The molecular weight excluding hydrogens is 218 g/mol. The third-order valence-corrected chi connectivity index (χ3v) is 3.22. The van der Waals surface area contributed by atoms with Crippen molar-refractivity contribution in [2.24, 2.45) is 0 Å². The fraction of sp³-hybridized carbons (Fsp3) is 0.833. The first-order valence-electron chi connectivity index (χ1n) is 6.47. The molecule has 1 unspecified atom stereocenters. The highest BCUT2D eigenvalue weighted by Gasteiger charge is 2.27. The molecule has 5 heteroatoms. The van der Waals surface area contributed by atoms with Crippen molar-refractivity contribution in [3.8, 4) is 0 Å². The van der Waals surface area contributed by atoms with Gasteiger partial charge in [0.1, 0.15) is 6.04 Å². The van der Waals surface area contributed by atoms with Gasteiger partial charge in [0.05, 0.1) is 19.6 Å². The molecule has 1 aliphatic heterocycles. The van der Waals surface area contributed by atoms with Crippen molar-refractivity contribution in [2.45, 2.75) is 45.7 Å². The maximum Gasteiger partial charge on any atom is 0.309 e. The molecule has 0 bridgehead atoms. The molecule has 17 heavy (non-hydrogen) atoms. The minimum absolute atomic E-state index is 0.00232. The molecule has 0 aliphatic carbocycles. The molecule has 0 radical (unpaired) electrons. The molecule has 3 N–H and O–H groups in total. The lowest BCUT2D eigenvalue weighted by atomic mass is 10.2. The summed E-state index contributed by atoms with van der Waals surface area (Å²) in [5.74, 6) is -1.04. The van der Waals surface area contributed by atoms with E-state index in [0.717, 1.165) is 13.0 Å². The lowest BCUT2D eigenvalue weighted by molar-refractivity contribution is -0.909. The highest BCUT2D eigenvalue weighted by molar-refractivity contribution is 6.35. The van der Waals surface area contributed by atoms with E-state index in [1.165, 1.54) is 17.9 Å². The average Bonchev–Trinajstić information content (AvgIpc) is 2.72. The fourth-order valence-electron chi connectivity index (χ4n) is 2.32. The highest BCUT2D eigenvalue weighted by Crippen LogP contribution is 1.98. The van der Waals surface area contributed by atoms with Crippen LogP contribution >= 0.6 is 0 Å². The zero-order valence-corrected chi connectivity index (χ0v) is 11.0. The normalized spacial score (nSPS) is 23.8. The van der Waals surface area contributed by atoms with Gasteiger partial charge >= 0.3 is 11.8 Å². The van der Waals surface area contributed by atoms with E-state index in [-0.39, 0.29) is 6.04 Å². The van der Waals surface area contributed by atoms with Crippen LogP contribution in [0.5, 0.6) is 0 Å². The second kappa shape index (κ2) is 6.59. The monoisotopic (exact) mass is 242 g/mol. The highest BCUT2D eigenvalue weighted by atomic mass is 16.2. The Balaban J connectivity index is 2.30. The Morgan fingerprint density at radius 3 is 2.65 bits per heavy atom. The molecule has 0 spiro atoms. The Morgan fingerprint density at radius 2 is 2.06 bits per heavy atom. The first-order valence-corrected chi connectivity index (χ1v) is 6.47. The predicted molar refractivity (Wildman–Crippen MR) is 65.7 cm³/mol. The van der Waals surface area contributed by atoms with Gasteiger partial charge in [-0.15, -0.1) is 0 Å². The number of likely N-dealkylation sites (tertiary alicyclic amines) is 1. The largest absolute Gasteiger partial charge is 0.346 e. The van der Waals surface area contributed by atoms with Gasteiger partial charge in [-0.3, -0.25) is 9.59 Å². The number of likely N-dealkylation sites (N-methyl/N-ethyl adjacent to an activating group) is 1. The summed E-state index contributed by atoms with van der Waals surface area (Å²) in [6.45, 7) is 8.69. The third kappa shape index (κ3) is 4.34. The SMILES string of the molecule is CC[NH+]1CCC[C@H]1CNC(=O)C(=O)NC(C)C. The Morgan fingerprint density at radius 1 is 1.35 bits per heavy atom. The van der Waals surface area contributed by atoms with Gasteiger partial charge in [-0.05, 0) is 20.8 Å². The minimum Gasteiger partial charge on any atom is -0.346 e. The number of carbonyl (C=O) groups is 2. The Hall–Kier alpha value is -1.10. The van der Waals surface area contributed by atoms with Crippen LogP contribution in [-0.2, 0) is 9.59 Å². The van der Waals surface area contributed by atoms with Gasteiger partial charge in [0, 0.05) is 18.9 Å². The zero-order valence-electron chi connectivity index (χ0n) is 11.0. The topological polar surface area (TPSA) is 62.6 Å². The van der Waals surface area contributed by atoms with Gasteiger partial charge in [0.15, 0.2) is 0 Å². The van der Waals surface area contributed by atoms with Crippen LogP contribution in [0.15, 0.2) is 0 Å². The summed E-state index contributed by atoms with van der Waals surface area (Å²) < 4.78 is 0. The zero-order chi connectivity index (χ0) is 12.8. The Labute approximate surface area is 103 Å². The van der Waals surface area contributed by atoms with Gasteiger partial charge in [-0.2, -0.15) is 0 Å². The number of hydrogen-bond donors (Lipinski definition) is 3. The average molecular weight is 242 g/mol. The summed E-state index contributed by atoms with van der Waals surface area (Å²) >= 11 is 0. The van der Waals surface area contributed by atoms with Crippen LogP contribution in [0.3, 0.4) is 0 Å². The summed E-state index contributed by atoms with van der Waals surface area (Å²) in [4.78, 5) is 24.4. The molecule has 1 fully saturated rings. The smallest absolute Gasteiger partial charge is 0.309 e. The summed E-state index contributed by atoms with van der Waals surface area (Å²) in [7, 11) is 0. The molecular formula is C12H24N3O2+. The molecule has 1 saturated heterocycles. The van der Waals surface area contributed by atoms with Crippen LogP contribution in [-0.4, -0.2) is 43.5 Å². The molecule has 1 rings (SSSR count). The molecule has 0 aromatic heterocycles. The van der Waals surface area contributed by atoms with Crippen molar-refractivity contribution < 1.29 is 14.5 Å². The molecule has 1 heterocycles. The summed E-state index contributed by atoms with van der Waals surface area (Å²) in [5.41, 5.74) is 0. The van der Waals surface area contributed by atoms with E-state index in [1.807, 2.05) is 13.8 Å². The van der Waals surface area contributed by atoms with Gasteiger partial charge in [-0.1, -0.05) is 0 Å².